The first kappa shape index (κ1) is 20.1. The van der Waals surface area contributed by atoms with Crippen molar-refractivity contribution in [1.82, 2.24) is 15.1 Å². The Labute approximate surface area is 170 Å². The van der Waals surface area contributed by atoms with Crippen LogP contribution in [0.2, 0.25) is 0 Å². The van der Waals surface area contributed by atoms with Crippen LogP contribution in [0.4, 0.5) is 4.39 Å². The fraction of sp³-hybridized carbons (Fsp3) is 0.238. The second-order valence-corrected chi connectivity index (χ2v) is 7.50. The summed E-state index contributed by atoms with van der Waals surface area (Å²) in [6, 6.07) is 13.2. The Hall–Kier alpha value is -2.67. The number of H-pyrrole nitrogens is 1. The standard InChI is InChI=1S/C21H21BrFN3O2/c1-13(17-5-3-4-6-19(17)22)24-20(27)12-11-18-14(2)25-26(21(18)28)16-9-7-15(23)8-10-16/h3-10,13,25H,11-12H2,1-2H3,(H,24,27). The highest BCUT2D eigenvalue weighted by molar-refractivity contribution is 9.10. The predicted molar refractivity (Wildman–Crippen MR) is 110 cm³/mol. The van der Waals surface area contributed by atoms with Crippen LogP contribution < -0.4 is 10.9 Å². The zero-order valence-corrected chi connectivity index (χ0v) is 17.2. The summed E-state index contributed by atoms with van der Waals surface area (Å²) < 4.78 is 15.4. The lowest BCUT2D eigenvalue weighted by molar-refractivity contribution is -0.121. The third kappa shape index (κ3) is 4.42. The number of benzene rings is 2. The molecule has 1 heterocycles. The van der Waals surface area contributed by atoms with Crippen molar-refractivity contribution < 1.29 is 9.18 Å². The van der Waals surface area contributed by atoms with Crippen LogP contribution >= 0.6 is 15.9 Å². The van der Waals surface area contributed by atoms with Crippen LogP contribution in [0, 0.1) is 12.7 Å². The number of hydrogen-bond acceptors (Lipinski definition) is 2. The van der Waals surface area contributed by atoms with Gasteiger partial charge in [0.1, 0.15) is 5.82 Å². The van der Waals surface area contributed by atoms with Gasteiger partial charge in [-0.05, 0) is 56.2 Å². The highest BCUT2D eigenvalue weighted by Gasteiger charge is 2.16. The van der Waals surface area contributed by atoms with Crippen LogP contribution in [0.5, 0.6) is 0 Å². The monoisotopic (exact) mass is 445 g/mol. The van der Waals surface area contributed by atoms with E-state index in [1.807, 2.05) is 31.2 Å². The SMILES string of the molecule is Cc1[nH]n(-c2ccc(F)cc2)c(=O)c1CCC(=O)NC(C)c1ccccc1Br. The number of halogens is 2. The molecule has 0 aliphatic heterocycles. The summed E-state index contributed by atoms with van der Waals surface area (Å²) in [7, 11) is 0. The van der Waals surface area contributed by atoms with Gasteiger partial charge in [0, 0.05) is 22.2 Å². The highest BCUT2D eigenvalue weighted by Crippen LogP contribution is 2.22. The normalized spacial score (nSPS) is 12.0. The molecule has 1 amide bonds. The van der Waals surface area contributed by atoms with E-state index in [2.05, 4.69) is 26.3 Å². The van der Waals surface area contributed by atoms with Crippen molar-refractivity contribution in [3.05, 3.63) is 86.0 Å². The Kier molecular flexibility index (Phi) is 6.14. The first-order valence-corrected chi connectivity index (χ1v) is 9.76. The van der Waals surface area contributed by atoms with E-state index in [1.165, 1.54) is 28.9 Å². The van der Waals surface area contributed by atoms with Gasteiger partial charge < -0.3 is 5.32 Å². The molecule has 2 N–H and O–H groups in total. The van der Waals surface area contributed by atoms with Crippen LogP contribution in [-0.2, 0) is 11.2 Å². The van der Waals surface area contributed by atoms with Gasteiger partial charge in [-0.25, -0.2) is 9.07 Å². The Bertz CT molecular complexity index is 1040. The van der Waals surface area contributed by atoms with Gasteiger partial charge in [0.2, 0.25) is 5.91 Å². The Morgan fingerprint density at radius 2 is 1.89 bits per heavy atom. The number of aryl methyl sites for hydroxylation is 1. The van der Waals surface area contributed by atoms with Crippen LogP contribution in [0.1, 0.15) is 36.2 Å². The molecule has 0 bridgehead atoms. The van der Waals surface area contributed by atoms with Gasteiger partial charge in [0.05, 0.1) is 11.7 Å². The molecular formula is C21H21BrFN3O2. The Balaban J connectivity index is 1.68. The lowest BCUT2D eigenvalue weighted by atomic mass is 10.1. The highest BCUT2D eigenvalue weighted by atomic mass is 79.9. The molecular weight excluding hydrogens is 425 g/mol. The van der Waals surface area contributed by atoms with Crippen molar-refractivity contribution in [3.63, 3.8) is 0 Å². The lowest BCUT2D eigenvalue weighted by Crippen LogP contribution is -2.27. The number of nitrogens with one attached hydrogen (secondary N) is 2. The Morgan fingerprint density at radius 3 is 2.57 bits per heavy atom. The van der Waals surface area contributed by atoms with Gasteiger partial charge in [-0.1, -0.05) is 34.1 Å². The fourth-order valence-electron chi connectivity index (χ4n) is 3.10. The average Bonchev–Trinajstić information content (AvgIpc) is 2.95. The summed E-state index contributed by atoms with van der Waals surface area (Å²) in [6.07, 6.45) is 0.524. The molecule has 1 atom stereocenters. The maximum Gasteiger partial charge on any atom is 0.274 e. The molecule has 0 fully saturated rings. The maximum atomic E-state index is 13.1. The van der Waals surface area contributed by atoms with E-state index in [4.69, 9.17) is 0 Å². The molecule has 0 aliphatic carbocycles. The summed E-state index contributed by atoms with van der Waals surface area (Å²) in [4.78, 5) is 25.0. The smallest absolute Gasteiger partial charge is 0.274 e. The van der Waals surface area contributed by atoms with Crippen LogP contribution in [-0.4, -0.2) is 15.7 Å². The maximum absolute atomic E-state index is 13.1. The molecule has 0 saturated carbocycles. The minimum Gasteiger partial charge on any atom is -0.350 e. The molecule has 3 rings (SSSR count). The molecule has 0 saturated heterocycles. The van der Waals surface area contributed by atoms with Crippen molar-refractivity contribution in [2.45, 2.75) is 32.7 Å². The van der Waals surface area contributed by atoms with Crippen molar-refractivity contribution in [2.24, 2.45) is 0 Å². The largest absolute Gasteiger partial charge is 0.350 e. The van der Waals surface area contributed by atoms with Gasteiger partial charge in [-0.2, -0.15) is 0 Å². The van der Waals surface area contributed by atoms with Gasteiger partial charge >= 0.3 is 0 Å². The topological polar surface area (TPSA) is 66.9 Å². The van der Waals surface area contributed by atoms with Crippen molar-refractivity contribution in [3.8, 4) is 5.69 Å². The van der Waals surface area contributed by atoms with E-state index in [9.17, 15) is 14.0 Å². The molecule has 3 aromatic rings. The summed E-state index contributed by atoms with van der Waals surface area (Å²) >= 11 is 3.49. The van der Waals surface area contributed by atoms with Crippen LogP contribution in [0.15, 0.2) is 57.8 Å². The van der Waals surface area contributed by atoms with E-state index >= 15 is 0 Å². The number of aromatic amines is 1. The third-order valence-corrected chi connectivity index (χ3v) is 5.35. The minimum atomic E-state index is -0.365. The number of amides is 1. The number of rotatable bonds is 6. The Morgan fingerprint density at radius 1 is 1.21 bits per heavy atom. The van der Waals surface area contributed by atoms with E-state index in [0.717, 1.165) is 10.0 Å². The zero-order chi connectivity index (χ0) is 20.3. The molecule has 1 unspecified atom stereocenters. The number of carbonyl (C=O) groups excluding carboxylic acids is 1. The lowest BCUT2D eigenvalue weighted by Gasteiger charge is -2.15. The number of carbonyl (C=O) groups is 1. The van der Waals surface area contributed by atoms with E-state index in [-0.39, 0.29) is 29.7 Å². The molecule has 146 valence electrons. The molecule has 2 aromatic carbocycles. The van der Waals surface area contributed by atoms with Crippen molar-refractivity contribution >= 4 is 21.8 Å². The molecule has 28 heavy (non-hydrogen) atoms. The predicted octanol–water partition coefficient (Wildman–Crippen LogP) is 4.19. The van der Waals surface area contributed by atoms with Crippen molar-refractivity contribution in [1.29, 1.82) is 0 Å². The molecule has 7 heteroatoms. The van der Waals surface area contributed by atoms with Gasteiger partial charge in [0.15, 0.2) is 0 Å². The van der Waals surface area contributed by atoms with Crippen LogP contribution in [0.3, 0.4) is 0 Å². The molecule has 0 radical (unpaired) electrons. The number of nitrogens with zero attached hydrogens (tertiary/aromatic N) is 1. The summed E-state index contributed by atoms with van der Waals surface area (Å²) in [5, 5.41) is 5.95. The average molecular weight is 446 g/mol. The summed E-state index contributed by atoms with van der Waals surface area (Å²) in [5.74, 6) is -0.493. The second-order valence-electron chi connectivity index (χ2n) is 6.64. The minimum absolute atomic E-state index is 0.128. The first-order valence-electron chi connectivity index (χ1n) is 8.97. The first-order chi connectivity index (χ1) is 13.4. The number of hydrogen-bond donors (Lipinski definition) is 2. The quantitative estimate of drug-likeness (QED) is 0.597. The van der Waals surface area contributed by atoms with Crippen molar-refractivity contribution in [2.75, 3.05) is 0 Å². The molecule has 0 aliphatic rings. The molecule has 5 nitrogen and oxygen atoms in total. The molecule has 1 aromatic heterocycles. The van der Waals surface area contributed by atoms with Crippen LogP contribution in [0.25, 0.3) is 5.69 Å². The van der Waals surface area contributed by atoms with Gasteiger partial charge in [0.25, 0.3) is 5.56 Å². The third-order valence-electron chi connectivity index (χ3n) is 4.63. The summed E-state index contributed by atoms with van der Waals surface area (Å²) in [5.41, 5.74) is 2.56. The van der Waals surface area contributed by atoms with Gasteiger partial charge in [-0.15, -0.1) is 0 Å². The second kappa shape index (κ2) is 8.56. The van der Waals surface area contributed by atoms with Gasteiger partial charge in [-0.3, -0.25) is 14.7 Å². The van der Waals surface area contributed by atoms with E-state index in [0.29, 0.717) is 23.4 Å². The van der Waals surface area contributed by atoms with E-state index in [1.54, 1.807) is 6.92 Å². The van der Waals surface area contributed by atoms with E-state index < -0.39 is 0 Å². The molecule has 0 spiro atoms. The fourth-order valence-corrected chi connectivity index (χ4v) is 3.73. The number of aromatic nitrogens is 2. The zero-order valence-electron chi connectivity index (χ0n) is 15.6. The summed E-state index contributed by atoms with van der Waals surface area (Å²) in [6.45, 7) is 3.71.